The molecule has 3 heterocycles. The van der Waals surface area contributed by atoms with Gasteiger partial charge in [0.2, 0.25) is 0 Å². The molecule has 4 rings (SSSR count). The van der Waals surface area contributed by atoms with Gasteiger partial charge in [0.05, 0.1) is 30.8 Å². The van der Waals surface area contributed by atoms with Crippen molar-refractivity contribution in [2.45, 2.75) is 18.8 Å². The Bertz CT molecular complexity index is 933. The lowest BCUT2D eigenvalue weighted by Gasteiger charge is -2.32. The number of amides is 1. The minimum atomic E-state index is -0.0234. The van der Waals surface area contributed by atoms with Crippen molar-refractivity contribution in [2.75, 3.05) is 27.3 Å². The van der Waals surface area contributed by atoms with Gasteiger partial charge in [0.15, 0.2) is 0 Å². The van der Waals surface area contributed by atoms with Gasteiger partial charge in [-0.3, -0.25) is 9.78 Å². The first-order valence-electron chi connectivity index (χ1n) is 9.14. The minimum absolute atomic E-state index is 0.0234. The van der Waals surface area contributed by atoms with E-state index in [9.17, 15) is 4.79 Å². The number of piperidine rings is 1. The van der Waals surface area contributed by atoms with Gasteiger partial charge in [0.25, 0.3) is 5.91 Å². The highest BCUT2D eigenvalue weighted by Gasteiger charge is 2.28. The number of carbonyl (C=O) groups excluding carboxylic acids is 1. The lowest BCUT2D eigenvalue weighted by Crippen LogP contribution is -2.39. The molecule has 1 fully saturated rings. The summed E-state index contributed by atoms with van der Waals surface area (Å²) in [4.78, 5) is 22.9. The Hall–Kier alpha value is -3.02. The quantitative estimate of drug-likeness (QED) is 0.767. The van der Waals surface area contributed by atoms with E-state index >= 15 is 0 Å². The zero-order valence-electron chi connectivity index (χ0n) is 15.6. The molecule has 2 aromatic heterocycles. The van der Waals surface area contributed by atoms with Crippen LogP contribution in [-0.4, -0.2) is 48.1 Å². The number of hydrogen-bond acceptors (Lipinski definition) is 4. The van der Waals surface area contributed by atoms with Crippen LogP contribution in [0.5, 0.6) is 11.5 Å². The van der Waals surface area contributed by atoms with E-state index < -0.39 is 0 Å². The summed E-state index contributed by atoms with van der Waals surface area (Å²) in [6.45, 7) is 1.42. The largest absolute Gasteiger partial charge is 0.497 e. The molecule has 0 aliphatic carbocycles. The number of nitrogens with one attached hydrogen (secondary N) is 1. The first-order chi connectivity index (χ1) is 13.2. The molecule has 0 unspecified atom stereocenters. The van der Waals surface area contributed by atoms with Crippen molar-refractivity contribution in [1.29, 1.82) is 0 Å². The fraction of sp³-hybridized carbons (Fsp3) is 0.333. The zero-order valence-corrected chi connectivity index (χ0v) is 15.6. The van der Waals surface area contributed by atoms with Gasteiger partial charge < -0.3 is 19.4 Å². The fourth-order valence-corrected chi connectivity index (χ4v) is 3.76. The topological polar surface area (TPSA) is 67.5 Å². The highest BCUT2D eigenvalue weighted by molar-refractivity contribution is 5.97. The highest BCUT2D eigenvalue weighted by atomic mass is 16.5. The normalized spacial score (nSPS) is 17.1. The van der Waals surface area contributed by atoms with Crippen LogP contribution in [0.4, 0.5) is 0 Å². The van der Waals surface area contributed by atoms with Crippen LogP contribution in [0.2, 0.25) is 0 Å². The highest BCUT2D eigenvalue weighted by Crippen LogP contribution is 2.31. The Kier molecular flexibility index (Phi) is 4.71. The fourth-order valence-electron chi connectivity index (χ4n) is 3.76. The molecule has 1 N–H and O–H groups in total. The number of ether oxygens (including phenoxy) is 2. The maximum atomic E-state index is 13.2. The second-order valence-corrected chi connectivity index (χ2v) is 6.82. The summed E-state index contributed by atoms with van der Waals surface area (Å²) in [5.74, 6) is 1.46. The van der Waals surface area contributed by atoms with Gasteiger partial charge in [-0.05, 0) is 49.2 Å². The number of pyridine rings is 1. The van der Waals surface area contributed by atoms with E-state index in [4.69, 9.17) is 9.47 Å². The van der Waals surface area contributed by atoms with E-state index in [-0.39, 0.29) is 11.8 Å². The zero-order chi connectivity index (χ0) is 18.8. The maximum absolute atomic E-state index is 13.2. The monoisotopic (exact) mass is 365 g/mol. The van der Waals surface area contributed by atoms with Crippen molar-refractivity contribution in [1.82, 2.24) is 14.9 Å². The lowest BCUT2D eigenvalue weighted by atomic mass is 9.94. The van der Waals surface area contributed by atoms with Crippen LogP contribution in [0.25, 0.3) is 11.0 Å². The number of aromatic amines is 1. The van der Waals surface area contributed by atoms with Crippen molar-refractivity contribution >= 4 is 16.9 Å². The summed E-state index contributed by atoms with van der Waals surface area (Å²) in [6, 6.07) is 11.4. The number of fused-ring (bicyclic) bond motifs is 1. The molecule has 140 valence electrons. The number of likely N-dealkylation sites (tertiary alicyclic amines) is 1. The van der Waals surface area contributed by atoms with E-state index in [1.807, 2.05) is 17.0 Å². The van der Waals surface area contributed by atoms with Crippen molar-refractivity contribution in [3.8, 4) is 11.5 Å². The molecular formula is C21H23N3O3. The van der Waals surface area contributed by atoms with E-state index in [1.165, 1.54) is 0 Å². The van der Waals surface area contributed by atoms with Gasteiger partial charge >= 0.3 is 0 Å². The molecule has 0 spiro atoms. The third-order valence-corrected chi connectivity index (χ3v) is 5.20. The van der Waals surface area contributed by atoms with Crippen molar-refractivity contribution < 1.29 is 14.3 Å². The van der Waals surface area contributed by atoms with Gasteiger partial charge in [-0.1, -0.05) is 0 Å². The van der Waals surface area contributed by atoms with Crippen LogP contribution in [0, 0.1) is 0 Å². The van der Waals surface area contributed by atoms with Gasteiger partial charge in [0.1, 0.15) is 11.5 Å². The van der Waals surface area contributed by atoms with E-state index in [2.05, 4.69) is 16.0 Å². The lowest BCUT2D eigenvalue weighted by molar-refractivity contribution is 0.0702. The average Bonchev–Trinajstić information content (AvgIpc) is 3.17. The van der Waals surface area contributed by atoms with Crippen LogP contribution in [0.15, 0.2) is 42.6 Å². The standard InChI is InChI=1S/C21H23N3O3/c1-26-15-7-8-20(27-2)16(11-15)21(25)24-10-4-5-14(13-24)18-12-19-17(23-18)6-3-9-22-19/h3,6-9,11-12,14,23H,4-5,10,13H2,1-2H3/t14-/m1/s1. The van der Waals surface area contributed by atoms with E-state index in [0.717, 1.165) is 36.1 Å². The number of nitrogens with zero attached hydrogens (tertiary/aromatic N) is 2. The maximum Gasteiger partial charge on any atom is 0.257 e. The molecule has 3 aromatic rings. The van der Waals surface area contributed by atoms with Gasteiger partial charge in [-0.2, -0.15) is 0 Å². The molecule has 0 saturated carbocycles. The van der Waals surface area contributed by atoms with Crippen LogP contribution in [-0.2, 0) is 0 Å². The second-order valence-electron chi connectivity index (χ2n) is 6.82. The van der Waals surface area contributed by atoms with E-state index in [1.54, 1.807) is 38.6 Å². The number of carbonyl (C=O) groups is 1. The summed E-state index contributed by atoms with van der Waals surface area (Å²) in [6.07, 6.45) is 3.81. The summed E-state index contributed by atoms with van der Waals surface area (Å²) >= 11 is 0. The first-order valence-corrected chi connectivity index (χ1v) is 9.14. The van der Waals surface area contributed by atoms with Crippen LogP contribution >= 0.6 is 0 Å². The molecule has 1 amide bonds. The number of H-pyrrole nitrogens is 1. The third kappa shape index (κ3) is 3.35. The number of methoxy groups -OCH3 is 2. The SMILES string of the molecule is COc1ccc(OC)c(C(=O)N2CCC[C@@H](c3cc4ncccc4[nH]3)C2)c1. The summed E-state index contributed by atoms with van der Waals surface area (Å²) in [5.41, 5.74) is 3.67. The molecule has 1 aliphatic heterocycles. The number of benzene rings is 1. The van der Waals surface area contributed by atoms with Gasteiger partial charge in [0, 0.05) is 30.9 Å². The van der Waals surface area contributed by atoms with Gasteiger partial charge in [-0.25, -0.2) is 0 Å². The van der Waals surface area contributed by atoms with Crippen LogP contribution in [0.3, 0.4) is 0 Å². The Labute approximate surface area is 158 Å². The smallest absolute Gasteiger partial charge is 0.257 e. The van der Waals surface area contributed by atoms with Crippen molar-refractivity contribution in [3.63, 3.8) is 0 Å². The van der Waals surface area contributed by atoms with E-state index in [0.29, 0.717) is 23.6 Å². The molecule has 0 radical (unpaired) electrons. The third-order valence-electron chi connectivity index (χ3n) is 5.20. The van der Waals surface area contributed by atoms with Crippen molar-refractivity contribution in [2.24, 2.45) is 0 Å². The second kappa shape index (κ2) is 7.31. The predicted octanol–water partition coefficient (Wildman–Crippen LogP) is 3.60. The molecule has 0 bridgehead atoms. The molecule has 1 atom stereocenters. The minimum Gasteiger partial charge on any atom is -0.497 e. The average molecular weight is 365 g/mol. The number of aromatic nitrogens is 2. The Morgan fingerprint density at radius 3 is 2.89 bits per heavy atom. The van der Waals surface area contributed by atoms with Crippen LogP contribution < -0.4 is 9.47 Å². The van der Waals surface area contributed by atoms with Crippen LogP contribution in [0.1, 0.15) is 34.8 Å². The van der Waals surface area contributed by atoms with Gasteiger partial charge in [-0.15, -0.1) is 0 Å². The Morgan fingerprint density at radius 2 is 2.11 bits per heavy atom. The Balaban J connectivity index is 1.58. The number of hydrogen-bond donors (Lipinski definition) is 1. The summed E-state index contributed by atoms with van der Waals surface area (Å²) < 4.78 is 10.7. The molecular weight excluding hydrogens is 342 g/mol. The first kappa shape index (κ1) is 17.4. The molecule has 1 aliphatic rings. The Morgan fingerprint density at radius 1 is 1.22 bits per heavy atom. The molecule has 1 saturated heterocycles. The molecule has 27 heavy (non-hydrogen) atoms. The molecule has 6 heteroatoms. The number of rotatable bonds is 4. The summed E-state index contributed by atoms with van der Waals surface area (Å²) in [5, 5.41) is 0. The molecule has 1 aromatic carbocycles. The molecule has 6 nitrogen and oxygen atoms in total. The van der Waals surface area contributed by atoms with Crippen molar-refractivity contribution in [3.05, 3.63) is 53.9 Å². The predicted molar refractivity (Wildman–Crippen MR) is 104 cm³/mol. The summed E-state index contributed by atoms with van der Waals surface area (Å²) in [7, 11) is 3.17.